The second-order valence-corrected chi connectivity index (χ2v) is 5.78. The average Bonchev–Trinajstić information content (AvgIpc) is 2.95. The van der Waals surface area contributed by atoms with Gasteiger partial charge in [-0.2, -0.15) is 4.68 Å². The summed E-state index contributed by atoms with van der Waals surface area (Å²) in [4.78, 5) is 0. The molecule has 0 spiro atoms. The molecule has 21 heavy (non-hydrogen) atoms. The molecule has 0 radical (unpaired) electrons. The van der Waals surface area contributed by atoms with Gasteiger partial charge in [-0.1, -0.05) is 35.0 Å². The van der Waals surface area contributed by atoms with Crippen molar-refractivity contribution >= 4 is 26.7 Å². The highest BCUT2D eigenvalue weighted by Crippen LogP contribution is 2.22. The van der Waals surface area contributed by atoms with E-state index in [1.807, 2.05) is 12.1 Å². The van der Waals surface area contributed by atoms with E-state index in [0.29, 0.717) is 6.54 Å². The van der Waals surface area contributed by atoms with E-state index in [-0.39, 0.29) is 0 Å². The highest BCUT2D eigenvalue weighted by Gasteiger charge is 2.08. The molecular formula is C15H16BrN5. The van der Waals surface area contributed by atoms with Crippen LogP contribution >= 0.6 is 15.9 Å². The number of aromatic nitrogens is 4. The van der Waals surface area contributed by atoms with Crippen molar-refractivity contribution in [2.24, 2.45) is 0 Å². The standard InChI is InChI=1S/C15H16BrN5/c1-2-7-17-10-15-18-19-20-21(15)14-6-4-11-8-13(16)5-3-12(11)9-14/h3-6,8-9,17H,2,7,10H2,1H3. The number of hydrogen-bond donors (Lipinski definition) is 1. The van der Waals surface area contributed by atoms with Gasteiger partial charge in [0.2, 0.25) is 0 Å². The summed E-state index contributed by atoms with van der Waals surface area (Å²) in [6.07, 6.45) is 1.09. The van der Waals surface area contributed by atoms with Gasteiger partial charge in [0.1, 0.15) is 0 Å². The maximum Gasteiger partial charge on any atom is 0.170 e. The Balaban J connectivity index is 1.93. The molecule has 1 heterocycles. The smallest absolute Gasteiger partial charge is 0.170 e. The number of rotatable bonds is 5. The van der Waals surface area contributed by atoms with E-state index >= 15 is 0 Å². The van der Waals surface area contributed by atoms with Crippen molar-refractivity contribution in [2.75, 3.05) is 6.54 Å². The van der Waals surface area contributed by atoms with E-state index in [1.54, 1.807) is 4.68 Å². The summed E-state index contributed by atoms with van der Waals surface area (Å²) in [5.74, 6) is 0.819. The van der Waals surface area contributed by atoms with Crippen LogP contribution in [0.25, 0.3) is 16.5 Å². The maximum absolute atomic E-state index is 4.10. The highest BCUT2D eigenvalue weighted by molar-refractivity contribution is 9.10. The van der Waals surface area contributed by atoms with Gasteiger partial charge in [-0.15, -0.1) is 5.10 Å². The number of benzene rings is 2. The van der Waals surface area contributed by atoms with E-state index in [0.717, 1.165) is 29.0 Å². The lowest BCUT2D eigenvalue weighted by Gasteiger charge is -2.07. The van der Waals surface area contributed by atoms with Crippen LogP contribution in [0.2, 0.25) is 0 Å². The van der Waals surface area contributed by atoms with Crippen LogP contribution in [0, 0.1) is 0 Å². The lowest BCUT2D eigenvalue weighted by atomic mass is 10.1. The Morgan fingerprint density at radius 3 is 2.81 bits per heavy atom. The van der Waals surface area contributed by atoms with Crippen LogP contribution in [-0.4, -0.2) is 26.8 Å². The predicted octanol–water partition coefficient (Wildman–Crippen LogP) is 3.08. The first-order valence-electron chi connectivity index (χ1n) is 6.95. The van der Waals surface area contributed by atoms with E-state index in [9.17, 15) is 0 Å². The van der Waals surface area contributed by atoms with Crippen molar-refractivity contribution in [3.05, 3.63) is 46.7 Å². The van der Waals surface area contributed by atoms with Gasteiger partial charge in [-0.25, -0.2) is 0 Å². The van der Waals surface area contributed by atoms with Crippen molar-refractivity contribution in [2.45, 2.75) is 19.9 Å². The Kier molecular flexibility index (Phi) is 4.26. The maximum atomic E-state index is 4.10. The van der Waals surface area contributed by atoms with Crippen molar-refractivity contribution in [1.29, 1.82) is 0 Å². The Bertz CT molecular complexity index is 753. The summed E-state index contributed by atoms with van der Waals surface area (Å²) in [6.45, 7) is 3.76. The first-order chi connectivity index (χ1) is 10.3. The zero-order valence-electron chi connectivity index (χ0n) is 11.8. The predicted molar refractivity (Wildman–Crippen MR) is 86.4 cm³/mol. The zero-order chi connectivity index (χ0) is 14.7. The van der Waals surface area contributed by atoms with E-state index in [4.69, 9.17) is 0 Å². The summed E-state index contributed by atoms with van der Waals surface area (Å²) in [6, 6.07) is 12.4. The summed E-state index contributed by atoms with van der Waals surface area (Å²) in [7, 11) is 0. The number of fused-ring (bicyclic) bond motifs is 1. The minimum atomic E-state index is 0.666. The Hall–Kier alpha value is -1.79. The fraction of sp³-hybridized carbons (Fsp3) is 0.267. The molecule has 1 aromatic heterocycles. The van der Waals surface area contributed by atoms with Crippen molar-refractivity contribution in [3.8, 4) is 5.69 Å². The monoisotopic (exact) mass is 345 g/mol. The molecule has 0 unspecified atom stereocenters. The average molecular weight is 346 g/mol. The number of halogens is 1. The molecule has 0 saturated carbocycles. The number of tetrazole rings is 1. The van der Waals surface area contributed by atoms with Crippen LogP contribution in [0.1, 0.15) is 19.2 Å². The molecule has 1 N–H and O–H groups in total. The minimum absolute atomic E-state index is 0.666. The lowest BCUT2D eigenvalue weighted by molar-refractivity contribution is 0.633. The van der Waals surface area contributed by atoms with Crippen LogP contribution in [-0.2, 0) is 6.54 Å². The Morgan fingerprint density at radius 1 is 1.14 bits per heavy atom. The van der Waals surface area contributed by atoms with E-state index < -0.39 is 0 Å². The topological polar surface area (TPSA) is 55.6 Å². The van der Waals surface area contributed by atoms with Gasteiger partial charge >= 0.3 is 0 Å². The largest absolute Gasteiger partial charge is 0.310 e. The SMILES string of the molecule is CCCNCc1nnnn1-c1ccc2cc(Br)ccc2c1. The zero-order valence-corrected chi connectivity index (χ0v) is 13.3. The third-order valence-corrected chi connectivity index (χ3v) is 3.77. The third kappa shape index (κ3) is 3.11. The van der Waals surface area contributed by atoms with Gasteiger partial charge in [-0.05, 0) is 58.4 Å². The van der Waals surface area contributed by atoms with E-state index in [1.165, 1.54) is 10.8 Å². The van der Waals surface area contributed by atoms with Crippen molar-refractivity contribution < 1.29 is 0 Å². The number of nitrogens with zero attached hydrogens (tertiary/aromatic N) is 4. The fourth-order valence-corrected chi connectivity index (χ4v) is 2.61. The third-order valence-electron chi connectivity index (χ3n) is 3.27. The fourth-order valence-electron chi connectivity index (χ4n) is 2.23. The molecule has 5 nitrogen and oxygen atoms in total. The molecule has 0 saturated heterocycles. The summed E-state index contributed by atoms with van der Waals surface area (Å²) in [5, 5.41) is 17.6. The molecule has 0 aliphatic rings. The first kappa shape index (κ1) is 14.2. The van der Waals surface area contributed by atoms with Crippen molar-refractivity contribution in [3.63, 3.8) is 0 Å². The van der Waals surface area contributed by atoms with Crippen molar-refractivity contribution in [1.82, 2.24) is 25.5 Å². The van der Waals surface area contributed by atoms with Gasteiger partial charge in [0, 0.05) is 4.47 Å². The van der Waals surface area contributed by atoms with Gasteiger partial charge in [0.25, 0.3) is 0 Å². The normalized spacial score (nSPS) is 11.1. The molecule has 0 atom stereocenters. The number of hydrogen-bond acceptors (Lipinski definition) is 4. The van der Waals surface area contributed by atoms with Crippen LogP contribution in [0.5, 0.6) is 0 Å². The van der Waals surface area contributed by atoms with Crippen LogP contribution in [0.15, 0.2) is 40.9 Å². The summed E-state index contributed by atoms with van der Waals surface area (Å²) in [5.41, 5.74) is 0.975. The van der Waals surface area contributed by atoms with Gasteiger partial charge in [-0.3, -0.25) is 0 Å². The molecule has 0 aliphatic carbocycles. The molecule has 0 aliphatic heterocycles. The van der Waals surface area contributed by atoms with E-state index in [2.05, 4.69) is 68.0 Å². The first-order valence-corrected chi connectivity index (χ1v) is 7.75. The summed E-state index contributed by atoms with van der Waals surface area (Å²) >= 11 is 3.49. The van der Waals surface area contributed by atoms with Crippen LogP contribution in [0.3, 0.4) is 0 Å². The molecule has 0 bridgehead atoms. The van der Waals surface area contributed by atoms with Gasteiger partial charge < -0.3 is 5.32 Å². The van der Waals surface area contributed by atoms with Crippen LogP contribution in [0.4, 0.5) is 0 Å². The molecule has 6 heteroatoms. The molecule has 3 aromatic rings. The van der Waals surface area contributed by atoms with Crippen LogP contribution < -0.4 is 5.32 Å². The molecule has 3 rings (SSSR count). The second kappa shape index (κ2) is 6.32. The molecule has 108 valence electrons. The highest BCUT2D eigenvalue weighted by atomic mass is 79.9. The molecular weight excluding hydrogens is 330 g/mol. The quantitative estimate of drug-likeness (QED) is 0.722. The molecule has 0 fully saturated rings. The Morgan fingerprint density at radius 2 is 1.95 bits per heavy atom. The summed E-state index contributed by atoms with van der Waals surface area (Å²) < 4.78 is 2.86. The minimum Gasteiger partial charge on any atom is -0.310 e. The van der Waals surface area contributed by atoms with Gasteiger partial charge in [0.15, 0.2) is 5.82 Å². The lowest BCUT2D eigenvalue weighted by Crippen LogP contribution is -2.17. The molecule has 2 aromatic carbocycles. The van der Waals surface area contributed by atoms with Gasteiger partial charge in [0.05, 0.1) is 12.2 Å². The Labute approximate surface area is 131 Å². The second-order valence-electron chi connectivity index (χ2n) is 4.86. The number of nitrogens with one attached hydrogen (secondary N) is 1. The molecule has 0 amide bonds.